The van der Waals surface area contributed by atoms with Crippen LogP contribution in [0.25, 0.3) is 0 Å². The van der Waals surface area contributed by atoms with Gasteiger partial charge in [-0.1, -0.05) is 254 Å². The molecule has 0 aromatic carbocycles. The second-order valence-electron chi connectivity index (χ2n) is 21.2. The Balaban J connectivity index is 4.71. The summed E-state index contributed by atoms with van der Waals surface area (Å²) in [5, 5.41) is 9.85. The van der Waals surface area contributed by atoms with Gasteiger partial charge < -0.3 is 24.2 Å². The summed E-state index contributed by atoms with van der Waals surface area (Å²) in [4.78, 5) is 48.7. The van der Waals surface area contributed by atoms with Gasteiger partial charge in [-0.3, -0.25) is 23.4 Å². The molecule has 11 nitrogen and oxygen atoms in total. The van der Waals surface area contributed by atoms with E-state index in [-0.39, 0.29) is 25.9 Å². The molecule has 0 radical (unpaired) electrons. The topological polar surface area (TPSA) is 155 Å². The van der Waals surface area contributed by atoms with E-state index in [2.05, 4.69) is 93.7 Å². The van der Waals surface area contributed by atoms with Crippen LogP contribution in [0.1, 0.15) is 290 Å². The van der Waals surface area contributed by atoms with Crippen molar-refractivity contribution in [3.8, 4) is 0 Å². The predicted molar refractivity (Wildman–Crippen MR) is 325 cm³/mol. The Hall–Kier alpha value is -3.08. The van der Waals surface area contributed by atoms with Crippen molar-refractivity contribution in [2.45, 2.75) is 303 Å². The van der Waals surface area contributed by atoms with E-state index in [0.29, 0.717) is 19.3 Å². The van der Waals surface area contributed by atoms with Crippen molar-refractivity contribution in [1.29, 1.82) is 0 Å². The van der Waals surface area contributed by atoms with E-state index in [9.17, 15) is 28.9 Å². The van der Waals surface area contributed by atoms with Crippen LogP contribution >= 0.6 is 7.82 Å². The zero-order chi connectivity index (χ0) is 56.9. The van der Waals surface area contributed by atoms with Crippen molar-refractivity contribution < 1.29 is 52.2 Å². The molecular formula is C66H117O11P. The summed E-state index contributed by atoms with van der Waals surface area (Å²) in [7, 11) is -4.76. The highest BCUT2D eigenvalue weighted by molar-refractivity contribution is 7.47. The van der Waals surface area contributed by atoms with Crippen LogP contribution < -0.4 is 0 Å². The lowest BCUT2D eigenvalue weighted by molar-refractivity contribution is -0.161. The first-order valence-corrected chi connectivity index (χ1v) is 33.3. The maximum absolute atomic E-state index is 12.9. The van der Waals surface area contributed by atoms with Crippen LogP contribution in [0, 0.1) is 0 Å². The average Bonchev–Trinajstić information content (AvgIpc) is 3.43. The number of aliphatic hydroxyl groups excluding tert-OH is 1. The average molecular weight is 1120 g/mol. The minimum Gasteiger partial charge on any atom is -0.462 e. The van der Waals surface area contributed by atoms with Gasteiger partial charge in [0, 0.05) is 19.3 Å². The summed E-state index contributed by atoms with van der Waals surface area (Å²) < 4.78 is 39.7. The number of carbonyl (C=O) groups excluding carboxylic acids is 3. The molecule has 0 bridgehead atoms. The van der Waals surface area contributed by atoms with Crippen LogP contribution in [-0.4, -0.2) is 66.5 Å². The standard InChI is InChI=1S/C66H117O11P/c1-4-7-10-13-16-19-22-25-28-30-31-33-36-39-42-45-48-51-54-57-66(70)77-63(59-73-64(68)55-52-49-46-43-40-37-34-27-24-21-18-15-12-9-6-3)61-75-78(71,72)74-60-62(58-67)76-65(69)56-53-50-47-44-41-38-35-32-29-26-23-20-17-14-11-8-5-2/h8,11,16-17,19-20,25-26,28-29,31,33,62-63,67H,4-7,9-10,12-15,18,21-24,27,30,32,34-61H2,1-3H3,(H,71,72)/b11-8-,19-16-,20-17-,28-25-,29-26-,33-31-. The summed E-state index contributed by atoms with van der Waals surface area (Å²) in [6.45, 7) is 4.53. The van der Waals surface area contributed by atoms with Crippen LogP contribution in [0.4, 0.5) is 0 Å². The minimum atomic E-state index is -4.76. The van der Waals surface area contributed by atoms with Crippen LogP contribution in [0.3, 0.4) is 0 Å². The maximum atomic E-state index is 12.9. The molecule has 3 unspecified atom stereocenters. The molecule has 0 aliphatic carbocycles. The smallest absolute Gasteiger partial charge is 0.462 e. The number of allylic oxidation sites excluding steroid dienone is 12. The highest BCUT2D eigenvalue weighted by atomic mass is 31.2. The molecule has 0 aliphatic heterocycles. The van der Waals surface area contributed by atoms with Gasteiger partial charge in [0.05, 0.1) is 19.8 Å². The van der Waals surface area contributed by atoms with E-state index >= 15 is 0 Å². The number of unbranched alkanes of at least 4 members (excludes halogenated alkanes) is 30. The van der Waals surface area contributed by atoms with E-state index in [1.165, 1.54) is 109 Å². The third kappa shape index (κ3) is 57.6. The van der Waals surface area contributed by atoms with Gasteiger partial charge in [0.25, 0.3) is 0 Å². The molecule has 0 amide bonds. The molecule has 0 aromatic heterocycles. The summed E-state index contributed by atoms with van der Waals surface area (Å²) in [6, 6.07) is 0. The lowest BCUT2D eigenvalue weighted by atomic mass is 10.0. The summed E-state index contributed by atoms with van der Waals surface area (Å²) in [5.74, 6) is -1.48. The molecule has 0 fully saturated rings. The Labute approximate surface area is 478 Å². The summed E-state index contributed by atoms with van der Waals surface area (Å²) in [5.41, 5.74) is 0. The normalized spacial score (nSPS) is 13.8. The predicted octanol–water partition coefficient (Wildman–Crippen LogP) is 19.3. The van der Waals surface area contributed by atoms with E-state index in [0.717, 1.165) is 122 Å². The second kappa shape index (κ2) is 60.0. The number of rotatable bonds is 59. The number of hydrogen-bond donors (Lipinski definition) is 2. The number of aliphatic hydroxyl groups is 1. The number of hydrogen-bond acceptors (Lipinski definition) is 10. The molecule has 2 N–H and O–H groups in total. The molecule has 452 valence electrons. The third-order valence-electron chi connectivity index (χ3n) is 13.6. The number of ether oxygens (including phenoxy) is 3. The fraction of sp³-hybridized carbons (Fsp3) is 0.773. The van der Waals surface area contributed by atoms with Gasteiger partial charge >= 0.3 is 25.7 Å². The zero-order valence-electron chi connectivity index (χ0n) is 50.1. The molecule has 3 atom stereocenters. The van der Waals surface area contributed by atoms with Crippen molar-refractivity contribution >= 4 is 25.7 Å². The Morgan fingerprint density at radius 3 is 1.05 bits per heavy atom. The first-order chi connectivity index (χ1) is 38.2. The van der Waals surface area contributed by atoms with Gasteiger partial charge in [-0.2, -0.15) is 0 Å². The maximum Gasteiger partial charge on any atom is 0.472 e. The van der Waals surface area contributed by atoms with Gasteiger partial charge in [-0.05, 0) is 89.9 Å². The molecule has 0 aliphatic rings. The Bertz CT molecular complexity index is 1590. The lowest BCUT2D eigenvalue weighted by Gasteiger charge is -2.21. The molecule has 0 spiro atoms. The van der Waals surface area contributed by atoms with Crippen LogP contribution in [-0.2, 0) is 42.2 Å². The first kappa shape index (κ1) is 74.9. The number of phosphoric acid groups is 1. The summed E-state index contributed by atoms with van der Waals surface area (Å²) >= 11 is 0. The molecule has 0 saturated carbocycles. The Morgan fingerprint density at radius 1 is 0.372 bits per heavy atom. The zero-order valence-corrected chi connectivity index (χ0v) is 51.0. The largest absolute Gasteiger partial charge is 0.472 e. The number of carbonyl (C=O) groups is 3. The minimum absolute atomic E-state index is 0.153. The molecule has 0 heterocycles. The number of phosphoric ester groups is 1. The van der Waals surface area contributed by atoms with Gasteiger partial charge in [-0.25, -0.2) is 4.57 Å². The van der Waals surface area contributed by atoms with Crippen molar-refractivity contribution in [2.75, 3.05) is 26.4 Å². The molecule has 0 aromatic rings. The molecule has 0 saturated heterocycles. The van der Waals surface area contributed by atoms with E-state index in [4.69, 9.17) is 23.3 Å². The van der Waals surface area contributed by atoms with Crippen molar-refractivity contribution in [1.82, 2.24) is 0 Å². The van der Waals surface area contributed by atoms with Crippen molar-refractivity contribution in [2.24, 2.45) is 0 Å². The van der Waals surface area contributed by atoms with Gasteiger partial charge in [0.15, 0.2) is 6.10 Å². The third-order valence-corrected chi connectivity index (χ3v) is 14.6. The Morgan fingerprint density at radius 2 is 0.667 bits per heavy atom. The molecular weight excluding hydrogens is 1000 g/mol. The van der Waals surface area contributed by atoms with Gasteiger partial charge in [0.2, 0.25) is 0 Å². The van der Waals surface area contributed by atoms with Gasteiger partial charge in [-0.15, -0.1) is 0 Å². The SMILES string of the molecule is CC/C=C\C/C=C\C/C=C\CCCCCCCCCC(=O)OC(CO)COP(=O)(O)OCC(COC(=O)CCCCCCCCCCCCCCCCC)OC(=O)CCCCCCCC/C=C\C/C=C\C/C=C\CCCCC. The highest BCUT2D eigenvalue weighted by Gasteiger charge is 2.28. The second-order valence-corrected chi connectivity index (χ2v) is 22.7. The highest BCUT2D eigenvalue weighted by Crippen LogP contribution is 2.43. The van der Waals surface area contributed by atoms with Crippen molar-refractivity contribution in [3.63, 3.8) is 0 Å². The molecule has 0 rings (SSSR count). The Kier molecular flexibility index (Phi) is 57.7. The lowest BCUT2D eigenvalue weighted by Crippen LogP contribution is -2.30. The molecule has 12 heteroatoms. The fourth-order valence-electron chi connectivity index (χ4n) is 8.79. The molecule has 78 heavy (non-hydrogen) atoms. The summed E-state index contributed by atoms with van der Waals surface area (Å²) in [6.07, 6.45) is 68.4. The fourth-order valence-corrected chi connectivity index (χ4v) is 9.57. The number of esters is 3. The van der Waals surface area contributed by atoms with Crippen LogP contribution in [0.15, 0.2) is 72.9 Å². The first-order valence-electron chi connectivity index (χ1n) is 31.8. The van der Waals surface area contributed by atoms with E-state index in [1.54, 1.807) is 0 Å². The van der Waals surface area contributed by atoms with Crippen LogP contribution in [0.2, 0.25) is 0 Å². The van der Waals surface area contributed by atoms with Crippen molar-refractivity contribution in [3.05, 3.63) is 72.9 Å². The van der Waals surface area contributed by atoms with Gasteiger partial charge in [0.1, 0.15) is 12.7 Å². The van der Waals surface area contributed by atoms with Crippen LogP contribution in [0.5, 0.6) is 0 Å². The quantitative estimate of drug-likeness (QED) is 0.0197. The monoisotopic (exact) mass is 1120 g/mol. The van der Waals surface area contributed by atoms with E-state index in [1.807, 2.05) is 0 Å². The van der Waals surface area contributed by atoms with E-state index < -0.39 is 57.8 Å².